The zero-order valence-electron chi connectivity index (χ0n) is 12.7. The Kier molecular flexibility index (Phi) is 3.94. The predicted molar refractivity (Wildman–Crippen MR) is 82.2 cm³/mol. The minimum Gasteiger partial charge on any atom is -0.478 e. The van der Waals surface area contributed by atoms with Crippen molar-refractivity contribution < 1.29 is 14.7 Å². The van der Waals surface area contributed by atoms with Crippen LogP contribution in [0.3, 0.4) is 0 Å². The highest BCUT2D eigenvalue weighted by atomic mass is 16.4. The van der Waals surface area contributed by atoms with E-state index in [0.29, 0.717) is 16.7 Å². The monoisotopic (exact) mass is 282 g/mol. The lowest BCUT2D eigenvalue weighted by atomic mass is 9.89. The van der Waals surface area contributed by atoms with Crippen molar-refractivity contribution in [1.29, 1.82) is 0 Å². The SMILES string of the molecule is Cc1ccc(C)c(C(=O)c2c(C)ccc(C)c2C(=O)O)c1. The molecule has 0 aromatic heterocycles. The maximum Gasteiger partial charge on any atom is 0.336 e. The molecular weight excluding hydrogens is 264 g/mol. The lowest BCUT2D eigenvalue weighted by molar-refractivity contribution is 0.0692. The molecule has 0 atom stereocenters. The molecule has 0 fully saturated rings. The minimum atomic E-state index is -1.06. The molecule has 1 N–H and O–H groups in total. The van der Waals surface area contributed by atoms with Crippen molar-refractivity contribution in [3.8, 4) is 0 Å². The lowest BCUT2D eigenvalue weighted by Crippen LogP contribution is -2.14. The quantitative estimate of drug-likeness (QED) is 0.870. The van der Waals surface area contributed by atoms with Gasteiger partial charge >= 0.3 is 5.97 Å². The van der Waals surface area contributed by atoms with E-state index in [4.69, 9.17) is 0 Å². The van der Waals surface area contributed by atoms with E-state index in [0.717, 1.165) is 11.1 Å². The van der Waals surface area contributed by atoms with Crippen molar-refractivity contribution in [2.24, 2.45) is 0 Å². The molecule has 2 aromatic rings. The Hall–Kier alpha value is -2.42. The third-order valence-electron chi connectivity index (χ3n) is 3.70. The van der Waals surface area contributed by atoms with E-state index in [-0.39, 0.29) is 16.9 Å². The molecule has 108 valence electrons. The highest BCUT2D eigenvalue weighted by molar-refractivity contribution is 6.16. The fourth-order valence-corrected chi connectivity index (χ4v) is 2.49. The smallest absolute Gasteiger partial charge is 0.336 e. The molecule has 21 heavy (non-hydrogen) atoms. The predicted octanol–water partition coefficient (Wildman–Crippen LogP) is 3.85. The third-order valence-corrected chi connectivity index (χ3v) is 3.70. The van der Waals surface area contributed by atoms with Gasteiger partial charge in [0.1, 0.15) is 0 Å². The summed E-state index contributed by atoms with van der Waals surface area (Å²) in [6.07, 6.45) is 0. The van der Waals surface area contributed by atoms with Gasteiger partial charge < -0.3 is 5.11 Å². The Labute approximate surface area is 124 Å². The maximum absolute atomic E-state index is 12.9. The second kappa shape index (κ2) is 5.52. The molecule has 0 spiro atoms. The van der Waals surface area contributed by atoms with Gasteiger partial charge in [0, 0.05) is 11.1 Å². The number of benzene rings is 2. The molecule has 3 nitrogen and oxygen atoms in total. The Bertz CT molecular complexity index is 742. The number of aryl methyl sites for hydroxylation is 4. The zero-order valence-corrected chi connectivity index (χ0v) is 12.7. The maximum atomic E-state index is 12.9. The van der Waals surface area contributed by atoms with Crippen molar-refractivity contribution in [2.45, 2.75) is 27.7 Å². The van der Waals surface area contributed by atoms with Gasteiger partial charge in [-0.1, -0.05) is 29.8 Å². The van der Waals surface area contributed by atoms with Crippen molar-refractivity contribution in [1.82, 2.24) is 0 Å². The standard InChI is InChI=1S/C18H18O3/c1-10-5-6-11(2)14(9-10)17(19)15-12(3)7-8-13(4)16(15)18(20)21/h5-9H,1-4H3,(H,20,21). The van der Waals surface area contributed by atoms with Crippen LogP contribution < -0.4 is 0 Å². The van der Waals surface area contributed by atoms with Gasteiger partial charge in [-0.2, -0.15) is 0 Å². The minimum absolute atomic E-state index is 0.0981. The summed E-state index contributed by atoms with van der Waals surface area (Å²) in [7, 11) is 0. The van der Waals surface area contributed by atoms with Crippen LogP contribution in [-0.2, 0) is 0 Å². The summed E-state index contributed by atoms with van der Waals surface area (Å²) in [6, 6.07) is 9.16. The molecule has 2 rings (SSSR count). The Morgan fingerprint density at radius 1 is 0.810 bits per heavy atom. The average molecular weight is 282 g/mol. The molecule has 0 bridgehead atoms. The Morgan fingerprint density at radius 3 is 1.90 bits per heavy atom. The van der Waals surface area contributed by atoms with Crippen LogP contribution >= 0.6 is 0 Å². The molecule has 2 aromatic carbocycles. The average Bonchev–Trinajstić information content (AvgIpc) is 2.42. The van der Waals surface area contributed by atoms with Gasteiger partial charge in [0.25, 0.3) is 0 Å². The van der Waals surface area contributed by atoms with Gasteiger partial charge in [0.2, 0.25) is 0 Å². The van der Waals surface area contributed by atoms with Crippen LogP contribution in [0.1, 0.15) is 48.5 Å². The van der Waals surface area contributed by atoms with E-state index in [1.807, 2.05) is 32.0 Å². The number of carboxylic acids is 1. The topological polar surface area (TPSA) is 54.4 Å². The molecule has 3 heteroatoms. The van der Waals surface area contributed by atoms with Crippen LogP contribution in [0.25, 0.3) is 0 Å². The summed E-state index contributed by atoms with van der Waals surface area (Å²) in [5, 5.41) is 9.44. The van der Waals surface area contributed by atoms with Crippen molar-refractivity contribution in [2.75, 3.05) is 0 Å². The van der Waals surface area contributed by atoms with Gasteiger partial charge in [-0.15, -0.1) is 0 Å². The van der Waals surface area contributed by atoms with Crippen LogP contribution in [0.2, 0.25) is 0 Å². The summed E-state index contributed by atoms with van der Waals surface area (Å²) < 4.78 is 0. The number of carboxylic acid groups (broad SMARTS) is 1. The van der Waals surface area contributed by atoms with Crippen LogP contribution in [-0.4, -0.2) is 16.9 Å². The third kappa shape index (κ3) is 2.72. The Balaban J connectivity index is 2.72. The first-order valence-electron chi connectivity index (χ1n) is 6.78. The van der Waals surface area contributed by atoms with Crippen LogP contribution in [0.15, 0.2) is 30.3 Å². The molecule has 0 aliphatic carbocycles. The number of hydrogen-bond donors (Lipinski definition) is 1. The van der Waals surface area contributed by atoms with Crippen LogP contribution in [0.4, 0.5) is 0 Å². The van der Waals surface area contributed by atoms with Crippen molar-refractivity contribution >= 4 is 11.8 Å². The molecule has 0 saturated carbocycles. The molecule has 0 amide bonds. The number of carbonyl (C=O) groups is 2. The van der Waals surface area contributed by atoms with Crippen molar-refractivity contribution in [3.05, 3.63) is 69.3 Å². The molecular formula is C18H18O3. The van der Waals surface area contributed by atoms with E-state index < -0.39 is 5.97 Å². The second-order valence-electron chi connectivity index (χ2n) is 5.40. The highest BCUT2D eigenvalue weighted by Gasteiger charge is 2.23. The van der Waals surface area contributed by atoms with E-state index in [1.165, 1.54) is 0 Å². The van der Waals surface area contributed by atoms with E-state index in [2.05, 4.69) is 0 Å². The second-order valence-corrected chi connectivity index (χ2v) is 5.40. The van der Waals surface area contributed by atoms with E-state index in [1.54, 1.807) is 26.0 Å². The number of hydrogen-bond acceptors (Lipinski definition) is 2. The first kappa shape index (κ1) is 15.0. The fraction of sp³-hybridized carbons (Fsp3) is 0.222. The molecule has 0 aliphatic rings. The van der Waals surface area contributed by atoms with Gasteiger partial charge in [0.15, 0.2) is 5.78 Å². The highest BCUT2D eigenvalue weighted by Crippen LogP contribution is 2.24. The van der Waals surface area contributed by atoms with Gasteiger partial charge in [-0.05, 0) is 50.5 Å². The largest absolute Gasteiger partial charge is 0.478 e. The lowest BCUT2D eigenvalue weighted by Gasteiger charge is -2.13. The van der Waals surface area contributed by atoms with Crippen LogP contribution in [0.5, 0.6) is 0 Å². The zero-order chi connectivity index (χ0) is 15.7. The van der Waals surface area contributed by atoms with Gasteiger partial charge in [-0.25, -0.2) is 4.79 Å². The van der Waals surface area contributed by atoms with Crippen molar-refractivity contribution in [3.63, 3.8) is 0 Å². The first-order valence-corrected chi connectivity index (χ1v) is 6.78. The molecule has 0 heterocycles. The number of carbonyl (C=O) groups excluding carboxylic acids is 1. The molecule has 0 aliphatic heterocycles. The normalized spacial score (nSPS) is 10.5. The van der Waals surface area contributed by atoms with E-state index in [9.17, 15) is 14.7 Å². The molecule has 0 saturated heterocycles. The van der Waals surface area contributed by atoms with E-state index >= 15 is 0 Å². The fourth-order valence-electron chi connectivity index (χ4n) is 2.49. The van der Waals surface area contributed by atoms with Crippen LogP contribution in [0, 0.1) is 27.7 Å². The summed E-state index contributed by atoms with van der Waals surface area (Å²) >= 11 is 0. The summed E-state index contributed by atoms with van der Waals surface area (Å²) in [4.78, 5) is 24.4. The number of rotatable bonds is 3. The summed E-state index contributed by atoms with van der Waals surface area (Å²) in [5.41, 5.74) is 4.06. The van der Waals surface area contributed by atoms with Gasteiger partial charge in [-0.3, -0.25) is 4.79 Å². The summed E-state index contributed by atoms with van der Waals surface area (Å²) in [6.45, 7) is 7.25. The first-order chi connectivity index (χ1) is 9.82. The number of aromatic carboxylic acids is 1. The number of ketones is 1. The van der Waals surface area contributed by atoms with Gasteiger partial charge in [0.05, 0.1) is 5.56 Å². The molecule has 0 unspecified atom stereocenters. The molecule has 0 radical (unpaired) electrons. The summed E-state index contributed by atoms with van der Waals surface area (Å²) in [5.74, 6) is -1.29. The Morgan fingerprint density at radius 2 is 1.33 bits per heavy atom.